The Hall–Kier alpha value is -1.81. The summed E-state index contributed by atoms with van der Waals surface area (Å²) in [5, 5.41) is 4.29. The highest BCUT2D eigenvalue weighted by atomic mass is 15.3. The normalized spacial score (nSPS) is 19.1. The highest BCUT2D eigenvalue weighted by Gasteiger charge is 2.32. The van der Waals surface area contributed by atoms with Gasteiger partial charge in [0.05, 0.1) is 5.69 Å². The molecule has 1 atom stereocenters. The minimum atomic E-state index is 0.342. The van der Waals surface area contributed by atoms with E-state index in [2.05, 4.69) is 41.2 Å². The number of aryl methyl sites for hydroxylation is 1. The molecule has 2 N–H and O–H groups in total. The molecule has 94 valence electrons. The largest absolute Gasteiger partial charge is 0.382 e. The first-order valence-corrected chi connectivity index (χ1v) is 6.26. The van der Waals surface area contributed by atoms with Gasteiger partial charge in [-0.3, -0.25) is 9.58 Å². The molecule has 1 aliphatic rings. The number of anilines is 1. The molecule has 0 saturated heterocycles. The van der Waals surface area contributed by atoms with E-state index in [1.807, 2.05) is 17.8 Å². The molecule has 0 spiro atoms. The van der Waals surface area contributed by atoms with E-state index in [1.54, 1.807) is 0 Å². The third-order valence-electron chi connectivity index (χ3n) is 3.78. The van der Waals surface area contributed by atoms with E-state index in [-0.39, 0.29) is 0 Å². The van der Waals surface area contributed by atoms with Crippen LogP contribution in [0.3, 0.4) is 0 Å². The number of benzene rings is 1. The molecule has 2 heterocycles. The first-order valence-electron chi connectivity index (χ1n) is 6.26. The van der Waals surface area contributed by atoms with Crippen LogP contribution < -0.4 is 5.73 Å². The number of nitrogen functional groups attached to an aromatic ring is 1. The Balaban J connectivity index is 1.85. The van der Waals surface area contributed by atoms with Crippen LogP contribution in [0.25, 0.3) is 0 Å². The average Bonchev–Trinajstić information content (AvgIpc) is 2.82. The van der Waals surface area contributed by atoms with Crippen LogP contribution in [0.5, 0.6) is 0 Å². The molecule has 0 aliphatic carbocycles. The maximum Gasteiger partial charge on any atom is 0.150 e. The Morgan fingerprint density at radius 3 is 2.72 bits per heavy atom. The highest BCUT2D eigenvalue weighted by Crippen LogP contribution is 2.37. The standard InChI is InChI=1S/C14H18N4/c1-10-13-12(17(2)16-14(13)15)9-18(10)8-11-6-4-3-5-7-11/h3-7,10H,8-9H2,1-2H3,(H2,15,16). The lowest BCUT2D eigenvalue weighted by Crippen LogP contribution is -2.21. The van der Waals surface area contributed by atoms with Gasteiger partial charge in [-0.2, -0.15) is 5.10 Å². The van der Waals surface area contributed by atoms with Crippen molar-refractivity contribution < 1.29 is 0 Å². The summed E-state index contributed by atoms with van der Waals surface area (Å²) < 4.78 is 1.91. The molecule has 1 aromatic carbocycles. The van der Waals surface area contributed by atoms with Crippen LogP contribution in [-0.2, 0) is 20.1 Å². The van der Waals surface area contributed by atoms with Crippen molar-refractivity contribution in [3.63, 3.8) is 0 Å². The van der Waals surface area contributed by atoms with Crippen LogP contribution >= 0.6 is 0 Å². The molecule has 0 radical (unpaired) electrons. The predicted molar refractivity (Wildman–Crippen MR) is 71.7 cm³/mol. The zero-order chi connectivity index (χ0) is 12.7. The van der Waals surface area contributed by atoms with Crippen LogP contribution in [0.4, 0.5) is 5.82 Å². The predicted octanol–water partition coefficient (Wildman–Crippen LogP) is 2.08. The molecule has 0 fully saturated rings. The molecular weight excluding hydrogens is 224 g/mol. The lowest BCUT2D eigenvalue weighted by molar-refractivity contribution is 0.216. The Kier molecular flexibility index (Phi) is 2.59. The van der Waals surface area contributed by atoms with E-state index < -0.39 is 0 Å². The topological polar surface area (TPSA) is 47.1 Å². The van der Waals surface area contributed by atoms with Gasteiger partial charge < -0.3 is 5.73 Å². The molecule has 0 amide bonds. The summed E-state index contributed by atoms with van der Waals surface area (Å²) in [6, 6.07) is 10.9. The van der Waals surface area contributed by atoms with E-state index >= 15 is 0 Å². The molecule has 0 saturated carbocycles. The molecule has 0 bridgehead atoms. The monoisotopic (exact) mass is 242 g/mol. The zero-order valence-corrected chi connectivity index (χ0v) is 10.8. The molecule has 3 rings (SSSR count). The fraction of sp³-hybridized carbons (Fsp3) is 0.357. The Morgan fingerprint density at radius 2 is 2.06 bits per heavy atom. The number of hydrogen-bond donors (Lipinski definition) is 1. The van der Waals surface area contributed by atoms with Crippen molar-refractivity contribution in [2.75, 3.05) is 5.73 Å². The Bertz CT molecular complexity index is 559. The van der Waals surface area contributed by atoms with E-state index in [9.17, 15) is 0 Å². The van der Waals surface area contributed by atoms with E-state index in [4.69, 9.17) is 5.73 Å². The summed E-state index contributed by atoms with van der Waals surface area (Å²) in [4.78, 5) is 2.43. The second-order valence-corrected chi connectivity index (χ2v) is 4.94. The van der Waals surface area contributed by atoms with Gasteiger partial charge in [0.15, 0.2) is 5.82 Å². The number of rotatable bonds is 2. The smallest absolute Gasteiger partial charge is 0.150 e. The van der Waals surface area contributed by atoms with Crippen LogP contribution in [0.15, 0.2) is 30.3 Å². The summed E-state index contributed by atoms with van der Waals surface area (Å²) in [6.45, 7) is 4.08. The SMILES string of the molecule is CC1c2c(N)nn(C)c2CN1Cc1ccccc1. The number of fused-ring (bicyclic) bond motifs is 1. The summed E-state index contributed by atoms with van der Waals surface area (Å²) >= 11 is 0. The maximum absolute atomic E-state index is 5.98. The van der Waals surface area contributed by atoms with Gasteiger partial charge in [-0.05, 0) is 12.5 Å². The van der Waals surface area contributed by atoms with Crippen molar-refractivity contribution >= 4 is 5.82 Å². The molecule has 1 aromatic heterocycles. The van der Waals surface area contributed by atoms with Crippen LogP contribution in [-0.4, -0.2) is 14.7 Å². The third kappa shape index (κ3) is 1.69. The summed E-state index contributed by atoms with van der Waals surface area (Å²) in [5.74, 6) is 0.676. The van der Waals surface area contributed by atoms with Gasteiger partial charge >= 0.3 is 0 Å². The minimum Gasteiger partial charge on any atom is -0.382 e. The minimum absolute atomic E-state index is 0.342. The fourth-order valence-corrected chi connectivity index (χ4v) is 2.76. The maximum atomic E-state index is 5.98. The van der Waals surface area contributed by atoms with Gasteiger partial charge in [-0.25, -0.2) is 0 Å². The second-order valence-electron chi connectivity index (χ2n) is 4.94. The number of aromatic nitrogens is 2. The van der Waals surface area contributed by atoms with Gasteiger partial charge in [0.1, 0.15) is 0 Å². The van der Waals surface area contributed by atoms with Crippen LogP contribution in [0.1, 0.15) is 29.8 Å². The van der Waals surface area contributed by atoms with E-state index in [0.29, 0.717) is 11.9 Å². The van der Waals surface area contributed by atoms with Crippen molar-refractivity contribution in [3.8, 4) is 0 Å². The number of nitrogens with zero attached hydrogens (tertiary/aromatic N) is 3. The van der Waals surface area contributed by atoms with Gasteiger partial charge in [-0.15, -0.1) is 0 Å². The van der Waals surface area contributed by atoms with Gasteiger partial charge in [0.25, 0.3) is 0 Å². The first kappa shape index (κ1) is 11.3. The van der Waals surface area contributed by atoms with Crippen molar-refractivity contribution in [3.05, 3.63) is 47.2 Å². The quantitative estimate of drug-likeness (QED) is 0.877. The lowest BCUT2D eigenvalue weighted by atomic mass is 10.1. The van der Waals surface area contributed by atoms with Gasteiger partial charge in [0, 0.05) is 31.7 Å². The lowest BCUT2D eigenvalue weighted by Gasteiger charge is -2.21. The molecule has 1 aliphatic heterocycles. The third-order valence-corrected chi connectivity index (χ3v) is 3.78. The first-order chi connectivity index (χ1) is 8.66. The second kappa shape index (κ2) is 4.14. The summed E-state index contributed by atoms with van der Waals surface area (Å²) in [6.07, 6.45) is 0. The van der Waals surface area contributed by atoms with E-state index in [1.165, 1.54) is 16.8 Å². The molecular formula is C14H18N4. The van der Waals surface area contributed by atoms with Crippen molar-refractivity contribution in [2.24, 2.45) is 7.05 Å². The summed E-state index contributed by atoms with van der Waals surface area (Å²) in [7, 11) is 1.97. The molecule has 4 heteroatoms. The molecule has 18 heavy (non-hydrogen) atoms. The number of hydrogen-bond acceptors (Lipinski definition) is 3. The zero-order valence-electron chi connectivity index (χ0n) is 10.8. The van der Waals surface area contributed by atoms with E-state index in [0.717, 1.165) is 13.1 Å². The molecule has 1 unspecified atom stereocenters. The van der Waals surface area contributed by atoms with Crippen molar-refractivity contribution in [2.45, 2.75) is 26.1 Å². The van der Waals surface area contributed by atoms with Crippen molar-refractivity contribution in [1.29, 1.82) is 0 Å². The van der Waals surface area contributed by atoms with Crippen LogP contribution in [0, 0.1) is 0 Å². The highest BCUT2D eigenvalue weighted by molar-refractivity contribution is 5.47. The van der Waals surface area contributed by atoms with Crippen LogP contribution in [0.2, 0.25) is 0 Å². The average molecular weight is 242 g/mol. The molecule has 2 aromatic rings. The van der Waals surface area contributed by atoms with Gasteiger partial charge in [-0.1, -0.05) is 30.3 Å². The summed E-state index contributed by atoms with van der Waals surface area (Å²) in [5.41, 5.74) is 9.77. The van der Waals surface area contributed by atoms with Crippen molar-refractivity contribution in [1.82, 2.24) is 14.7 Å². The Labute approximate surface area is 107 Å². The molecule has 4 nitrogen and oxygen atoms in total. The van der Waals surface area contributed by atoms with Gasteiger partial charge in [0.2, 0.25) is 0 Å². The Morgan fingerprint density at radius 1 is 1.33 bits per heavy atom. The number of nitrogens with two attached hydrogens (primary N) is 1. The fourth-order valence-electron chi connectivity index (χ4n) is 2.76.